The highest BCUT2D eigenvalue weighted by atomic mass is 16.5. The molecule has 4 nitrogen and oxygen atoms in total. The lowest BCUT2D eigenvalue weighted by Gasteiger charge is -2.40. The predicted octanol–water partition coefficient (Wildman–Crippen LogP) is 2.42. The van der Waals surface area contributed by atoms with Crippen molar-refractivity contribution in [2.45, 2.75) is 24.8 Å². The summed E-state index contributed by atoms with van der Waals surface area (Å²) >= 11 is 0. The molecule has 1 saturated heterocycles. The molecule has 1 radical (unpaired) electrons. The zero-order valence-electron chi connectivity index (χ0n) is 13.7. The van der Waals surface area contributed by atoms with E-state index in [1.807, 2.05) is 29.3 Å². The van der Waals surface area contributed by atoms with Crippen LogP contribution in [0.5, 0.6) is 0 Å². The fraction of sp³-hybridized carbons (Fsp3) is 0.350. The van der Waals surface area contributed by atoms with Crippen LogP contribution in [0.3, 0.4) is 0 Å². The average molecular weight is 321 g/mol. The van der Waals surface area contributed by atoms with E-state index in [9.17, 15) is 4.79 Å². The molecule has 2 aliphatic rings. The highest BCUT2D eigenvalue weighted by Crippen LogP contribution is 2.29. The Labute approximate surface area is 143 Å². The minimum Gasteiger partial charge on any atom is -0.497 e. The van der Waals surface area contributed by atoms with E-state index in [0.717, 1.165) is 25.1 Å². The summed E-state index contributed by atoms with van der Waals surface area (Å²) in [6.07, 6.45) is 13.9. The predicted molar refractivity (Wildman–Crippen MR) is 92.4 cm³/mol. The van der Waals surface area contributed by atoms with Gasteiger partial charge in [0.1, 0.15) is 11.7 Å². The number of nitrogens with one attached hydrogen (secondary N) is 1. The summed E-state index contributed by atoms with van der Waals surface area (Å²) in [5.74, 6) is 2.98. The van der Waals surface area contributed by atoms with Crippen LogP contribution in [0.25, 0.3) is 0 Å². The summed E-state index contributed by atoms with van der Waals surface area (Å²) in [6.45, 7) is 0.809. The molecule has 4 heteroatoms. The summed E-state index contributed by atoms with van der Waals surface area (Å²) in [5, 5.41) is 1.99. The second kappa shape index (κ2) is 7.37. The molecular weight excluding hydrogens is 300 g/mol. The van der Waals surface area contributed by atoms with E-state index in [0.29, 0.717) is 11.5 Å². The molecule has 0 spiro atoms. The van der Waals surface area contributed by atoms with Crippen molar-refractivity contribution >= 4 is 5.91 Å². The van der Waals surface area contributed by atoms with Crippen LogP contribution in [0.15, 0.2) is 48.3 Å². The number of carbonyl (C=O) groups excluding carboxylic acids is 1. The number of benzene rings is 1. The first-order valence-corrected chi connectivity index (χ1v) is 8.17. The maximum Gasteiger partial charge on any atom is 0.253 e. The van der Waals surface area contributed by atoms with Crippen LogP contribution < -0.4 is 5.43 Å². The first-order valence-electron chi connectivity index (χ1n) is 8.17. The van der Waals surface area contributed by atoms with E-state index in [-0.39, 0.29) is 11.9 Å². The third kappa shape index (κ3) is 3.37. The molecule has 1 aromatic carbocycles. The lowest BCUT2D eigenvalue weighted by Crippen LogP contribution is -2.54. The molecule has 123 valence electrons. The summed E-state index contributed by atoms with van der Waals surface area (Å²) in [7, 11) is 1.67. The lowest BCUT2D eigenvalue weighted by atomic mass is 9.86. The molecule has 1 aromatic rings. The SMILES string of the molecule is C#CC(C(=O)NN1CCCC2C=C(OC)C=CC21)c1[c]cccc1. The lowest BCUT2D eigenvalue weighted by molar-refractivity contribution is -0.128. The van der Waals surface area contributed by atoms with Crippen LogP contribution in [-0.2, 0) is 9.53 Å². The highest BCUT2D eigenvalue weighted by molar-refractivity contribution is 5.86. The van der Waals surface area contributed by atoms with Gasteiger partial charge in [0.2, 0.25) is 0 Å². The van der Waals surface area contributed by atoms with Crippen molar-refractivity contribution in [3.05, 3.63) is 59.9 Å². The van der Waals surface area contributed by atoms with Crippen LogP contribution in [0.4, 0.5) is 0 Å². The summed E-state index contributed by atoms with van der Waals surface area (Å²) in [6, 6.07) is 10.5. The molecule has 3 unspecified atom stereocenters. The minimum absolute atomic E-state index is 0.139. The first kappa shape index (κ1) is 16.4. The monoisotopic (exact) mass is 321 g/mol. The molecule has 1 heterocycles. The number of hydrazine groups is 1. The molecule has 3 rings (SSSR count). The van der Waals surface area contributed by atoms with Gasteiger partial charge >= 0.3 is 0 Å². The van der Waals surface area contributed by atoms with Gasteiger partial charge in [0.15, 0.2) is 0 Å². The first-order chi connectivity index (χ1) is 11.7. The fourth-order valence-electron chi connectivity index (χ4n) is 3.30. The van der Waals surface area contributed by atoms with Gasteiger partial charge in [0, 0.05) is 12.5 Å². The van der Waals surface area contributed by atoms with Gasteiger partial charge < -0.3 is 4.74 Å². The van der Waals surface area contributed by atoms with Crippen LogP contribution in [0.1, 0.15) is 24.3 Å². The third-order valence-corrected chi connectivity index (χ3v) is 4.53. The second-order valence-corrected chi connectivity index (χ2v) is 6.02. The molecule has 3 atom stereocenters. The van der Waals surface area contributed by atoms with Gasteiger partial charge in [-0.25, -0.2) is 5.01 Å². The average Bonchev–Trinajstić information content (AvgIpc) is 2.63. The summed E-state index contributed by atoms with van der Waals surface area (Å²) in [4.78, 5) is 12.7. The number of terminal acetylenes is 1. The topological polar surface area (TPSA) is 41.6 Å². The summed E-state index contributed by atoms with van der Waals surface area (Å²) in [5.41, 5.74) is 3.73. The van der Waals surface area contributed by atoms with E-state index in [2.05, 4.69) is 29.6 Å². The van der Waals surface area contributed by atoms with Gasteiger partial charge in [-0.1, -0.05) is 36.3 Å². The number of carbonyl (C=O) groups is 1. The molecule has 1 aliphatic heterocycles. The Bertz CT molecular complexity index is 687. The smallest absolute Gasteiger partial charge is 0.253 e. The van der Waals surface area contributed by atoms with Gasteiger partial charge in [-0.15, -0.1) is 6.42 Å². The number of hydrogen-bond donors (Lipinski definition) is 1. The number of nitrogens with zero attached hydrogens (tertiary/aromatic N) is 1. The van der Waals surface area contributed by atoms with Crippen LogP contribution in [0.2, 0.25) is 0 Å². The third-order valence-electron chi connectivity index (χ3n) is 4.53. The molecule has 1 aliphatic carbocycles. The van der Waals surface area contributed by atoms with Crippen molar-refractivity contribution < 1.29 is 9.53 Å². The maximum absolute atomic E-state index is 12.7. The Kier molecular flexibility index (Phi) is 5.02. The Balaban J connectivity index is 1.71. The van der Waals surface area contributed by atoms with E-state index >= 15 is 0 Å². The second-order valence-electron chi connectivity index (χ2n) is 6.02. The zero-order chi connectivity index (χ0) is 16.9. The number of ether oxygens (including phenoxy) is 1. The number of fused-ring (bicyclic) bond motifs is 1. The summed E-state index contributed by atoms with van der Waals surface area (Å²) < 4.78 is 5.31. The van der Waals surface area contributed by atoms with Crippen molar-refractivity contribution in [3.8, 4) is 12.3 Å². The Morgan fingerprint density at radius 3 is 3.12 bits per heavy atom. The van der Waals surface area contributed by atoms with E-state index in [1.165, 1.54) is 0 Å². The number of hydrogen-bond acceptors (Lipinski definition) is 3. The van der Waals surface area contributed by atoms with Gasteiger partial charge in [0.05, 0.1) is 13.2 Å². The van der Waals surface area contributed by atoms with Gasteiger partial charge in [-0.3, -0.25) is 10.2 Å². The number of amides is 1. The number of methoxy groups -OCH3 is 1. The normalized spacial score (nSPS) is 24.2. The molecule has 24 heavy (non-hydrogen) atoms. The van der Waals surface area contributed by atoms with Crippen LogP contribution in [-0.4, -0.2) is 30.6 Å². The molecule has 1 amide bonds. The van der Waals surface area contributed by atoms with Gasteiger partial charge in [0.25, 0.3) is 5.91 Å². The molecular formula is C20H21N2O2. The maximum atomic E-state index is 12.7. The number of allylic oxidation sites excluding steroid dienone is 1. The van der Waals surface area contributed by atoms with Crippen molar-refractivity contribution in [2.75, 3.05) is 13.7 Å². The van der Waals surface area contributed by atoms with E-state index < -0.39 is 5.92 Å². The quantitative estimate of drug-likeness (QED) is 0.866. The minimum atomic E-state index is -0.635. The van der Waals surface area contributed by atoms with Crippen molar-refractivity contribution in [1.82, 2.24) is 10.4 Å². The Hall–Kier alpha value is -2.51. The van der Waals surface area contributed by atoms with Crippen molar-refractivity contribution in [2.24, 2.45) is 5.92 Å². The molecule has 1 fully saturated rings. The molecule has 0 saturated carbocycles. The van der Waals surface area contributed by atoms with Gasteiger partial charge in [-0.05, 0) is 36.6 Å². The van der Waals surface area contributed by atoms with Crippen molar-refractivity contribution in [1.29, 1.82) is 0 Å². The zero-order valence-corrected chi connectivity index (χ0v) is 13.7. The van der Waals surface area contributed by atoms with Gasteiger partial charge in [-0.2, -0.15) is 0 Å². The highest BCUT2D eigenvalue weighted by Gasteiger charge is 2.32. The van der Waals surface area contributed by atoms with E-state index in [1.54, 1.807) is 13.2 Å². The molecule has 1 N–H and O–H groups in total. The fourth-order valence-corrected chi connectivity index (χ4v) is 3.30. The van der Waals surface area contributed by atoms with Crippen LogP contribution >= 0.6 is 0 Å². The Morgan fingerprint density at radius 1 is 1.54 bits per heavy atom. The molecule has 0 aromatic heterocycles. The van der Waals surface area contributed by atoms with E-state index in [4.69, 9.17) is 11.2 Å². The molecule has 0 bridgehead atoms. The standard InChI is InChI=1S/C20H21N2O2/c1-3-18(15-8-5-4-6-9-15)20(23)21-22-13-7-10-16-14-17(24-2)11-12-19(16)22/h1,4-6,8,11-12,14,16,18-19H,7,10,13H2,2H3,(H,21,23). The number of rotatable bonds is 4. The Morgan fingerprint density at radius 2 is 2.42 bits per heavy atom. The number of piperidine rings is 1. The van der Waals surface area contributed by atoms with Crippen molar-refractivity contribution in [3.63, 3.8) is 0 Å². The van der Waals surface area contributed by atoms with Crippen LogP contribution in [0, 0.1) is 24.3 Å². The largest absolute Gasteiger partial charge is 0.497 e.